The molecule has 0 aromatic heterocycles. The van der Waals surface area contributed by atoms with Gasteiger partial charge in [0.1, 0.15) is 0 Å². The van der Waals surface area contributed by atoms with Crippen LogP contribution in [0.4, 0.5) is 0 Å². The van der Waals surface area contributed by atoms with E-state index in [4.69, 9.17) is 0 Å². The molecule has 2 rings (SSSR count). The molecular weight excluding hydrogens is 300 g/mol. The van der Waals surface area contributed by atoms with E-state index in [-0.39, 0.29) is 0 Å². The van der Waals surface area contributed by atoms with Gasteiger partial charge in [0.05, 0.1) is 0 Å². The number of allylic oxidation sites excluding steroid dienone is 3. The van der Waals surface area contributed by atoms with E-state index in [1.807, 2.05) is 6.08 Å². The van der Waals surface area contributed by atoms with E-state index in [9.17, 15) is 0 Å². The highest BCUT2D eigenvalue weighted by molar-refractivity contribution is 5.88. The third kappa shape index (κ3) is 3.85. The van der Waals surface area contributed by atoms with Crippen LogP contribution in [0.1, 0.15) is 60.6 Å². The first-order valence-electron chi connectivity index (χ1n) is 9.15. The van der Waals surface area contributed by atoms with E-state index < -0.39 is 0 Å². The van der Waals surface area contributed by atoms with E-state index in [2.05, 4.69) is 84.2 Å². The Morgan fingerprint density at radius 2 is 1.76 bits per heavy atom. The van der Waals surface area contributed by atoms with Crippen LogP contribution in [0.2, 0.25) is 0 Å². The quantitative estimate of drug-likeness (QED) is 0.487. The Balaban J connectivity index is 2.72. The second-order valence-electron chi connectivity index (χ2n) is 6.70. The lowest BCUT2D eigenvalue weighted by atomic mass is 9.85. The third-order valence-corrected chi connectivity index (χ3v) is 5.05. The first-order chi connectivity index (χ1) is 11.9. The van der Waals surface area contributed by atoms with Crippen LogP contribution in [-0.4, -0.2) is 0 Å². The van der Waals surface area contributed by atoms with Crippen molar-refractivity contribution in [1.29, 1.82) is 0 Å². The summed E-state index contributed by atoms with van der Waals surface area (Å²) in [5.74, 6) is 0. The van der Waals surface area contributed by atoms with Gasteiger partial charge in [-0.05, 0) is 78.1 Å². The van der Waals surface area contributed by atoms with E-state index >= 15 is 0 Å². The Bertz CT molecular complexity index is 831. The molecule has 0 bridgehead atoms. The molecule has 0 heterocycles. The van der Waals surface area contributed by atoms with Crippen LogP contribution in [0.3, 0.4) is 0 Å². The predicted octanol–water partition coefficient (Wildman–Crippen LogP) is 7.30. The first-order valence-corrected chi connectivity index (χ1v) is 9.15. The summed E-state index contributed by atoms with van der Waals surface area (Å²) in [4.78, 5) is 0. The summed E-state index contributed by atoms with van der Waals surface area (Å²) in [6.07, 6.45) is 3.98. The van der Waals surface area contributed by atoms with Crippen LogP contribution in [0, 0.1) is 13.8 Å². The number of benzene rings is 2. The zero-order valence-corrected chi connectivity index (χ0v) is 16.4. The Morgan fingerprint density at radius 3 is 2.36 bits per heavy atom. The molecule has 0 saturated carbocycles. The van der Waals surface area contributed by atoms with Crippen molar-refractivity contribution in [3.63, 3.8) is 0 Å². The molecule has 0 unspecified atom stereocenters. The maximum Gasteiger partial charge on any atom is -0.0106 e. The van der Waals surface area contributed by atoms with Crippen molar-refractivity contribution in [3.05, 3.63) is 94.6 Å². The van der Waals surface area contributed by atoms with Gasteiger partial charge in [0.2, 0.25) is 0 Å². The molecule has 2 aromatic carbocycles. The molecule has 0 N–H and O–H groups in total. The summed E-state index contributed by atoms with van der Waals surface area (Å²) in [6, 6.07) is 13.2. The van der Waals surface area contributed by atoms with Gasteiger partial charge < -0.3 is 0 Å². The summed E-state index contributed by atoms with van der Waals surface area (Å²) < 4.78 is 0. The average Bonchev–Trinajstić information content (AvgIpc) is 2.61. The van der Waals surface area contributed by atoms with Crippen LogP contribution in [0.15, 0.2) is 61.2 Å². The predicted molar refractivity (Wildman–Crippen MR) is 113 cm³/mol. The molecule has 0 heteroatoms. The molecule has 130 valence electrons. The largest absolute Gasteiger partial charge is 0.0988 e. The first kappa shape index (κ1) is 19.0. The van der Waals surface area contributed by atoms with Crippen molar-refractivity contribution in [2.24, 2.45) is 0 Å². The van der Waals surface area contributed by atoms with E-state index in [1.54, 1.807) is 0 Å². The van der Waals surface area contributed by atoms with Gasteiger partial charge in [-0.2, -0.15) is 0 Å². The lowest BCUT2D eigenvalue weighted by Crippen LogP contribution is -2.00. The highest BCUT2D eigenvalue weighted by atomic mass is 14.2. The van der Waals surface area contributed by atoms with E-state index in [0.717, 1.165) is 18.4 Å². The molecule has 0 amide bonds. The molecule has 0 saturated heterocycles. The average molecular weight is 331 g/mol. The van der Waals surface area contributed by atoms with Crippen LogP contribution < -0.4 is 0 Å². The molecule has 0 spiro atoms. The Morgan fingerprint density at radius 1 is 1.04 bits per heavy atom. The summed E-state index contributed by atoms with van der Waals surface area (Å²) in [6.45, 7) is 19.4. The zero-order valence-electron chi connectivity index (χ0n) is 16.4. The van der Waals surface area contributed by atoms with Gasteiger partial charge in [0.15, 0.2) is 0 Å². The molecule has 0 aliphatic carbocycles. The Kier molecular flexibility index (Phi) is 6.20. The fourth-order valence-electron chi connectivity index (χ4n) is 3.56. The van der Waals surface area contributed by atoms with Crippen molar-refractivity contribution < 1.29 is 0 Å². The van der Waals surface area contributed by atoms with Crippen molar-refractivity contribution in [2.45, 2.75) is 47.5 Å². The van der Waals surface area contributed by atoms with Gasteiger partial charge in [-0.3, -0.25) is 0 Å². The highest BCUT2D eigenvalue weighted by Gasteiger charge is 2.15. The van der Waals surface area contributed by atoms with Crippen molar-refractivity contribution in [3.8, 4) is 0 Å². The van der Waals surface area contributed by atoms with E-state index in [0.29, 0.717) is 0 Å². The van der Waals surface area contributed by atoms with Crippen molar-refractivity contribution in [1.82, 2.24) is 0 Å². The number of rotatable bonds is 6. The van der Waals surface area contributed by atoms with Gasteiger partial charge in [0.25, 0.3) is 0 Å². The van der Waals surface area contributed by atoms with Gasteiger partial charge in [0, 0.05) is 0 Å². The maximum absolute atomic E-state index is 4.51. The second kappa shape index (κ2) is 8.16. The fourth-order valence-corrected chi connectivity index (χ4v) is 3.56. The van der Waals surface area contributed by atoms with Crippen LogP contribution in [0.5, 0.6) is 0 Å². The van der Waals surface area contributed by atoms with Crippen molar-refractivity contribution >= 4 is 11.1 Å². The lowest BCUT2D eigenvalue weighted by molar-refractivity contribution is 1.12. The normalized spacial score (nSPS) is 11.9. The fraction of sp³-hybridized carbons (Fsp3) is 0.280. The number of aryl methyl sites for hydroxylation is 3. The standard InChI is InChI=1S/C25H30/c1-8-21(9-2)19(6)23-15-14-17(4)16-24(23)20(7)25-18(5)12-11-13-22(25)10-3/h8,11-16H,1,7,9-10H2,2-6H3/b21-19-. The molecule has 0 atom stereocenters. The van der Waals surface area contributed by atoms with Crippen LogP contribution >= 0.6 is 0 Å². The monoisotopic (exact) mass is 330 g/mol. The second-order valence-corrected chi connectivity index (χ2v) is 6.70. The number of hydrogen-bond donors (Lipinski definition) is 0. The van der Waals surface area contributed by atoms with Gasteiger partial charge >= 0.3 is 0 Å². The van der Waals surface area contributed by atoms with Crippen molar-refractivity contribution in [2.75, 3.05) is 0 Å². The smallest absolute Gasteiger partial charge is 0.0106 e. The van der Waals surface area contributed by atoms with Gasteiger partial charge in [-0.25, -0.2) is 0 Å². The maximum atomic E-state index is 4.51. The summed E-state index contributed by atoms with van der Waals surface area (Å²) in [5.41, 5.74) is 11.4. The minimum absolute atomic E-state index is 0.986. The molecule has 25 heavy (non-hydrogen) atoms. The summed E-state index contributed by atoms with van der Waals surface area (Å²) >= 11 is 0. The molecule has 0 radical (unpaired) electrons. The van der Waals surface area contributed by atoms with Crippen LogP contribution in [-0.2, 0) is 6.42 Å². The SMILES string of the molecule is C=C/C(CC)=C(\C)c1ccc(C)cc1C(=C)c1c(C)cccc1CC. The minimum atomic E-state index is 0.986. The number of hydrogen-bond acceptors (Lipinski definition) is 0. The van der Waals surface area contributed by atoms with E-state index in [1.165, 1.54) is 44.5 Å². The molecule has 0 fully saturated rings. The van der Waals surface area contributed by atoms with Gasteiger partial charge in [-0.1, -0.05) is 75.0 Å². The zero-order chi connectivity index (χ0) is 18.6. The minimum Gasteiger partial charge on any atom is -0.0988 e. The summed E-state index contributed by atoms with van der Waals surface area (Å²) in [5, 5.41) is 0. The topological polar surface area (TPSA) is 0 Å². The molecule has 0 aliphatic heterocycles. The Hall–Kier alpha value is -2.34. The molecule has 0 aliphatic rings. The molecule has 2 aromatic rings. The molecule has 0 nitrogen and oxygen atoms in total. The lowest BCUT2D eigenvalue weighted by Gasteiger charge is -2.19. The van der Waals surface area contributed by atoms with Crippen LogP contribution in [0.25, 0.3) is 11.1 Å². The Labute approximate surface area is 153 Å². The summed E-state index contributed by atoms with van der Waals surface area (Å²) in [7, 11) is 0. The third-order valence-electron chi connectivity index (χ3n) is 5.05. The van der Waals surface area contributed by atoms with Gasteiger partial charge in [-0.15, -0.1) is 0 Å². The highest BCUT2D eigenvalue weighted by Crippen LogP contribution is 2.35. The molecular formula is C25H30.